The van der Waals surface area contributed by atoms with Crippen LogP contribution in [-0.2, 0) is 9.59 Å². The van der Waals surface area contributed by atoms with Crippen molar-refractivity contribution in [2.75, 3.05) is 4.90 Å². The molecule has 0 bridgehead atoms. The molecule has 0 saturated heterocycles. The number of anilines is 1. The molecule has 82 valence electrons. The molecule has 1 aliphatic rings. The number of carbonyl (C=O) groups excluding carboxylic acids is 2. The number of nitrogens with zero attached hydrogens (tertiary/aromatic N) is 1. The summed E-state index contributed by atoms with van der Waals surface area (Å²) in [5.74, 6) is -1.60. The Bertz CT molecular complexity index is 525. The summed E-state index contributed by atoms with van der Waals surface area (Å²) in [6.07, 6.45) is 1.20. The molecule has 5 heteroatoms. The normalized spacial score (nSPS) is 15.7. The largest absolute Gasteiger partial charge is 0.269 e. The molecule has 2 rings (SSSR count). The van der Waals surface area contributed by atoms with Crippen molar-refractivity contribution in [3.8, 4) is 0 Å². The van der Waals surface area contributed by atoms with E-state index in [1.165, 1.54) is 25.1 Å². The Balaban J connectivity index is 2.47. The van der Waals surface area contributed by atoms with E-state index >= 15 is 0 Å². The SMILES string of the molecule is CC1=CC(=O)N(c2ccc(Br)cc2F)C1=O. The predicted octanol–water partition coefficient (Wildman–Crippen LogP) is 2.41. The van der Waals surface area contributed by atoms with Gasteiger partial charge >= 0.3 is 0 Å². The van der Waals surface area contributed by atoms with Gasteiger partial charge < -0.3 is 0 Å². The maximum atomic E-state index is 13.6. The van der Waals surface area contributed by atoms with Gasteiger partial charge in [0, 0.05) is 16.1 Å². The van der Waals surface area contributed by atoms with Crippen LogP contribution in [0.15, 0.2) is 34.3 Å². The fourth-order valence-corrected chi connectivity index (χ4v) is 1.81. The second kappa shape index (κ2) is 3.83. The number of hydrogen-bond acceptors (Lipinski definition) is 2. The molecule has 0 unspecified atom stereocenters. The van der Waals surface area contributed by atoms with Gasteiger partial charge in [0.1, 0.15) is 5.82 Å². The first-order valence-corrected chi connectivity index (χ1v) is 5.32. The lowest BCUT2D eigenvalue weighted by Gasteiger charge is -2.15. The molecule has 16 heavy (non-hydrogen) atoms. The molecule has 2 amide bonds. The van der Waals surface area contributed by atoms with Crippen LogP contribution in [0.1, 0.15) is 6.92 Å². The van der Waals surface area contributed by atoms with E-state index in [0.717, 1.165) is 4.90 Å². The van der Waals surface area contributed by atoms with Crippen molar-refractivity contribution in [3.05, 3.63) is 40.1 Å². The highest BCUT2D eigenvalue weighted by atomic mass is 79.9. The van der Waals surface area contributed by atoms with Gasteiger partial charge in [0.05, 0.1) is 5.69 Å². The summed E-state index contributed by atoms with van der Waals surface area (Å²) in [4.78, 5) is 23.9. The van der Waals surface area contributed by atoms with Gasteiger partial charge in [-0.15, -0.1) is 0 Å². The first kappa shape index (κ1) is 11.0. The molecule has 1 aromatic carbocycles. The summed E-state index contributed by atoms with van der Waals surface area (Å²) in [6.45, 7) is 1.52. The second-order valence-electron chi connectivity index (χ2n) is 3.40. The molecule has 0 atom stereocenters. The van der Waals surface area contributed by atoms with E-state index in [1.54, 1.807) is 6.07 Å². The molecule has 0 fully saturated rings. The van der Waals surface area contributed by atoms with Crippen LogP contribution in [-0.4, -0.2) is 11.8 Å². The molecule has 0 spiro atoms. The van der Waals surface area contributed by atoms with Crippen LogP contribution < -0.4 is 4.90 Å². The van der Waals surface area contributed by atoms with Crippen molar-refractivity contribution in [1.29, 1.82) is 0 Å². The van der Waals surface area contributed by atoms with Crippen molar-refractivity contribution in [1.82, 2.24) is 0 Å². The Kier molecular flexibility index (Phi) is 2.63. The molecule has 1 aliphatic heterocycles. The molecule has 1 aromatic rings. The number of benzene rings is 1. The van der Waals surface area contributed by atoms with Gasteiger partial charge in [0.15, 0.2) is 0 Å². The molecule has 1 heterocycles. The number of amides is 2. The van der Waals surface area contributed by atoms with Gasteiger partial charge in [0.2, 0.25) is 0 Å². The van der Waals surface area contributed by atoms with Gasteiger partial charge in [-0.05, 0) is 25.1 Å². The first-order valence-electron chi connectivity index (χ1n) is 4.52. The predicted molar refractivity (Wildman–Crippen MR) is 60.4 cm³/mol. The fourth-order valence-electron chi connectivity index (χ4n) is 1.48. The highest BCUT2D eigenvalue weighted by Crippen LogP contribution is 2.27. The highest BCUT2D eigenvalue weighted by Gasteiger charge is 2.31. The third kappa shape index (κ3) is 1.67. The van der Waals surface area contributed by atoms with Gasteiger partial charge in [-0.3, -0.25) is 9.59 Å². The minimum absolute atomic E-state index is 0.0219. The minimum Gasteiger partial charge on any atom is -0.269 e. The standard InChI is InChI=1S/C11H7BrFNO2/c1-6-4-10(15)14(11(6)16)9-3-2-7(12)5-8(9)13/h2-5H,1H3. The van der Waals surface area contributed by atoms with E-state index in [2.05, 4.69) is 15.9 Å². The molecule has 0 radical (unpaired) electrons. The maximum Gasteiger partial charge on any atom is 0.261 e. The summed E-state index contributed by atoms with van der Waals surface area (Å²) in [6, 6.07) is 4.18. The van der Waals surface area contributed by atoms with Gasteiger partial charge in [-0.1, -0.05) is 15.9 Å². The third-order valence-electron chi connectivity index (χ3n) is 2.25. The van der Waals surface area contributed by atoms with Crippen LogP contribution >= 0.6 is 15.9 Å². The quantitative estimate of drug-likeness (QED) is 0.743. The molecule has 0 aliphatic carbocycles. The zero-order valence-electron chi connectivity index (χ0n) is 8.33. The van der Waals surface area contributed by atoms with E-state index in [1.807, 2.05) is 0 Å². The lowest BCUT2D eigenvalue weighted by molar-refractivity contribution is -0.120. The first-order chi connectivity index (χ1) is 7.50. The van der Waals surface area contributed by atoms with Crippen LogP contribution in [0.2, 0.25) is 0 Å². The number of imide groups is 1. The van der Waals surface area contributed by atoms with Crippen molar-refractivity contribution < 1.29 is 14.0 Å². The minimum atomic E-state index is -0.612. The molecule has 3 nitrogen and oxygen atoms in total. The monoisotopic (exact) mass is 283 g/mol. The Labute approximate surface area is 99.7 Å². The van der Waals surface area contributed by atoms with E-state index in [4.69, 9.17) is 0 Å². The molecule has 0 saturated carbocycles. The molecule has 0 aromatic heterocycles. The third-order valence-corrected chi connectivity index (χ3v) is 2.74. The maximum absolute atomic E-state index is 13.6. The smallest absolute Gasteiger partial charge is 0.261 e. The Morgan fingerprint density at radius 3 is 2.50 bits per heavy atom. The van der Waals surface area contributed by atoms with Crippen LogP contribution in [0.25, 0.3) is 0 Å². The van der Waals surface area contributed by atoms with Crippen LogP contribution in [0, 0.1) is 5.82 Å². The fraction of sp³-hybridized carbons (Fsp3) is 0.0909. The second-order valence-corrected chi connectivity index (χ2v) is 4.32. The average molecular weight is 284 g/mol. The van der Waals surface area contributed by atoms with E-state index in [9.17, 15) is 14.0 Å². The average Bonchev–Trinajstić information content (AvgIpc) is 2.43. The Morgan fingerprint density at radius 2 is 2.00 bits per heavy atom. The summed E-state index contributed by atoms with van der Waals surface area (Å²) in [5, 5.41) is 0. The van der Waals surface area contributed by atoms with E-state index < -0.39 is 17.6 Å². The Hall–Kier alpha value is -1.49. The molecular weight excluding hydrogens is 277 g/mol. The zero-order valence-corrected chi connectivity index (χ0v) is 9.92. The van der Waals surface area contributed by atoms with E-state index in [-0.39, 0.29) is 5.69 Å². The van der Waals surface area contributed by atoms with Gasteiger partial charge in [-0.2, -0.15) is 0 Å². The van der Waals surface area contributed by atoms with Gasteiger partial charge in [-0.25, -0.2) is 9.29 Å². The van der Waals surface area contributed by atoms with Crippen molar-refractivity contribution >= 4 is 33.4 Å². The lowest BCUT2D eigenvalue weighted by atomic mass is 10.2. The zero-order chi connectivity index (χ0) is 11.9. The number of carbonyl (C=O) groups is 2. The number of hydrogen-bond donors (Lipinski definition) is 0. The Morgan fingerprint density at radius 1 is 1.31 bits per heavy atom. The van der Waals surface area contributed by atoms with Gasteiger partial charge in [0.25, 0.3) is 11.8 Å². The summed E-state index contributed by atoms with van der Waals surface area (Å²) in [7, 11) is 0. The summed E-state index contributed by atoms with van der Waals surface area (Å²) in [5.41, 5.74) is 0.290. The van der Waals surface area contributed by atoms with Crippen LogP contribution in [0.5, 0.6) is 0 Å². The van der Waals surface area contributed by atoms with Crippen LogP contribution in [0.3, 0.4) is 0 Å². The molecule has 0 N–H and O–H groups in total. The van der Waals surface area contributed by atoms with Crippen molar-refractivity contribution in [2.24, 2.45) is 0 Å². The highest BCUT2D eigenvalue weighted by molar-refractivity contribution is 9.10. The topological polar surface area (TPSA) is 37.4 Å². The number of rotatable bonds is 1. The molecular formula is C11H7BrFNO2. The number of halogens is 2. The van der Waals surface area contributed by atoms with Crippen molar-refractivity contribution in [3.63, 3.8) is 0 Å². The summed E-state index contributed by atoms with van der Waals surface area (Å²) >= 11 is 3.11. The van der Waals surface area contributed by atoms with Crippen molar-refractivity contribution in [2.45, 2.75) is 6.92 Å². The lowest BCUT2D eigenvalue weighted by Crippen LogP contribution is -2.31. The van der Waals surface area contributed by atoms with E-state index in [0.29, 0.717) is 10.0 Å². The summed E-state index contributed by atoms with van der Waals surface area (Å²) < 4.78 is 14.1. The van der Waals surface area contributed by atoms with Crippen LogP contribution in [0.4, 0.5) is 10.1 Å².